The van der Waals surface area contributed by atoms with Crippen molar-refractivity contribution < 1.29 is 13.2 Å². The minimum absolute atomic E-state index is 0.234. The highest BCUT2D eigenvalue weighted by molar-refractivity contribution is 7.89. The van der Waals surface area contributed by atoms with Crippen molar-refractivity contribution in [3.8, 4) is 0 Å². The van der Waals surface area contributed by atoms with Gasteiger partial charge in [0.15, 0.2) is 0 Å². The van der Waals surface area contributed by atoms with Crippen LogP contribution in [0.3, 0.4) is 0 Å². The summed E-state index contributed by atoms with van der Waals surface area (Å²) in [7, 11) is -0.390. The van der Waals surface area contributed by atoms with Gasteiger partial charge in [-0.05, 0) is 31.0 Å². The second-order valence-corrected chi connectivity index (χ2v) is 8.02. The van der Waals surface area contributed by atoms with E-state index in [1.165, 1.54) is 18.4 Å². The monoisotopic (exact) mass is 311 g/mol. The van der Waals surface area contributed by atoms with Gasteiger partial charge >= 0.3 is 0 Å². The third-order valence-corrected chi connectivity index (χ3v) is 5.98. The van der Waals surface area contributed by atoms with Gasteiger partial charge in [0, 0.05) is 27.2 Å². The zero-order valence-electron chi connectivity index (χ0n) is 12.3. The van der Waals surface area contributed by atoms with Crippen molar-refractivity contribution in [1.29, 1.82) is 0 Å². The van der Waals surface area contributed by atoms with E-state index in [0.717, 1.165) is 31.6 Å². The first kappa shape index (κ1) is 14.6. The van der Waals surface area contributed by atoms with Gasteiger partial charge in [0.2, 0.25) is 10.0 Å². The van der Waals surface area contributed by atoms with Crippen molar-refractivity contribution >= 4 is 21.4 Å². The summed E-state index contributed by atoms with van der Waals surface area (Å²) in [5.41, 5.74) is 7.46. The van der Waals surface area contributed by atoms with Crippen LogP contribution in [0.15, 0.2) is 23.1 Å². The quantitative estimate of drug-likeness (QED) is 0.839. The predicted octanol–water partition coefficient (Wildman–Crippen LogP) is 0.887. The predicted molar refractivity (Wildman–Crippen MR) is 81.8 cm³/mol. The van der Waals surface area contributed by atoms with Gasteiger partial charge in [-0.3, -0.25) is 0 Å². The van der Waals surface area contributed by atoms with Crippen LogP contribution in [-0.4, -0.2) is 52.1 Å². The minimum atomic E-state index is -3.45. The summed E-state index contributed by atoms with van der Waals surface area (Å²) in [4.78, 5) is 2.42. The Hall–Kier alpha value is -1.31. The molecule has 2 bridgehead atoms. The molecule has 0 amide bonds. The molecule has 2 aliphatic rings. The Morgan fingerprint density at radius 1 is 1.24 bits per heavy atom. The molecule has 7 heteroatoms. The zero-order valence-corrected chi connectivity index (χ0v) is 13.1. The molecule has 116 valence electrons. The van der Waals surface area contributed by atoms with Gasteiger partial charge in [-0.25, -0.2) is 12.7 Å². The van der Waals surface area contributed by atoms with Crippen molar-refractivity contribution in [3.63, 3.8) is 0 Å². The second-order valence-electron chi connectivity index (χ2n) is 5.87. The lowest BCUT2D eigenvalue weighted by atomic mass is 10.2. The van der Waals surface area contributed by atoms with E-state index >= 15 is 0 Å². The van der Waals surface area contributed by atoms with E-state index in [-0.39, 0.29) is 17.1 Å². The summed E-state index contributed by atoms with van der Waals surface area (Å²) < 4.78 is 31.6. The molecule has 2 fully saturated rings. The minimum Gasteiger partial charge on any atom is -0.397 e. The van der Waals surface area contributed by atoms with Crippen LogP contribution >= 0.6 is 0 Å². The lowest BCUT2D eigenvalue weighted by Gasteiger charge is -2.34. The first-order chi connectivity index (χ1) is 9.88. The lowest BCUT2D eigenvalue weighted by molar-refractivity contribution is 0.0305. The fraction of sp³-hybridized carbons (Fsp3) is 0.571. The number of morpholine rings is 1. The molecule has 2 N–H and O–H groups in total. The number of nitrogens with zero attached hydrogens (tertiary/aromatic N) is 2. The van der Waals surface area contributed by atoms with Crippen molar-refractivity contribution in [1.82, 2.24) is 4.31 Å². The molecule has 0 spiro atoms. The number of sulfonamides is 1. The van der Waals surface area contributed by atoms with Crippen molar-refractivity contribution in [2.75, 3.05) is 37.8 Å². The topological polar surface area (TPSA) is 75.9 Å². The Morgan fingerprint density at radius 3 is 2.43 bits per heavy atom. The van der Waals surface area contributed by atoms with Gasteiger partial charge in [-0.1, -0.05) is 0 Å². The van der Waals surface area contributed by atoms with Crippen LogP contribution in [0, 0.1) is 0 Å². The largest absolute Gasteiger partial charge is 0.397 e. The lowest BCUT2D eigenvalue weighted by Crippen LogP contribution is -2.43. The van der Waals surface area contributed by atoms with E-state index < -0.39 is 10.0 Å². The third-order valence-electron chi connectivity index (χ3n) is 4.16. The number of nitrogens with two attached hydrogens (primary N) is 1. The summed E-state index contributed by atoms with van der Waals surface area (Å²) in [6, 6.07) is 4.90. The van der Waals surface area contributed by atoms with Crippen molar-refractivity contribution in [2.24, 2.45) is 0 Å². The maximum absolute atomic E-state index is 12.3. The highest BCUT2D eigenvalue weighted by Gasteiger charge is 2.34. The highest BCUT2D eigenvalue weighted by Crippen LogP contribution is 2.34. The smallest absolute Gasteiger partial charge is 0.242 e. The third kappa shape index (κ3) is 2.61. The number of hydrogen-bond acceptors (Lipinski definition) is 5. The number of fused-ring (bicyclic) bond motifs is 2. The molecular formula is C14H21N3O3S. The Balaban J connectivity index is 1.95. The number of benzene rings is 1. The molecule has 3 rings (SSSR count). The van der Waals surface area contributed by atoms with Crippen LogP contribution in [0.1, 0.15) is 12.8 Å². The molecular weight excluding hydrogens is 290 g/mol. The fourth-order valence-electron chi connectivity index (χ4n) is 2.98. The highest BCUT2D eigenvalue weighted by atomic mass is 32.2. The first-order valence-electron chi connectivity index (χ1n) is 7.10. The average Bonchev–Trinajstić information content (AvgIpc) is 2.77. The van der Waals surface area contributed by atoms with Crippen LogP contribution in [0.25, 0.3) is 0 Å². The summed E-state index contributed by atoms with van der Waals surface area (Å²) in [5.74, 6) is 0. The van der Waals surface area contributed by atoms with E-state index in [0.29, 0.717) is 5.69 Å². The Bertz CT molecular complexity index is 633. The molecule has 0 aliphatic carbocycles. The molecule has 2 atom stereocenters. The fourth-order valence-corrected chi connectivity index (χ4v) is 3.90. The molecule has 21 heavy (non-hydrogen) atoms. The van der Waals surface area contributed by atoms with E-state index in [1.807, 2.05) is 0 Å². The molecule has 2 aliphatic heterocycles. The van der Waals surface area contributed by atoms with Crippen LogP contribution in [0.2, 0.25) is 0 Å². The summed E-state index contributed by atoms with van der Waals surface area (Å²) in [5, 5.41) is 0. The first-order valence-corrected chi connectivity index (χ1v) is 8.54. The molecule has 0 aromatic heterocycles. The van der Waals surface area contributed by atoms with Crippen molar-refractivity contribution in [3.05, 3.63) is 18.2 Å². The standard InChI is InChI=1S/C14H21N3O3S/c1-16(2)21(18,19)12-5-6-13(15)14(7-12)17-8-10-3-4-11(9-17)20-10/h5-7,10-11H,3-4,8-9,15H2,1-2H3. The number of hydrogen-bond donors (Lipinski definition) is 1. The molecule has 1 aromatic carbocycles. The van der Waals surface area contributed by atoms with E-state index in [9.17, 15) is 8.42 Å². The van der Waals surface area contributed by atoms with Gasteiger partial charge in [0.1, 0.15) is 0 Å². The van der Waals surface area contributed by atoms with Crippen LogP contribution in [0.4, 0.5) is 11.4 Å². The zero-order chi connectivity index (χ0) is 15.2. The normalized spacial score (nSPS) is 25.6. The van der Waals surface area contributed by atoms with E-state index in [1.54, 1.807) is 18.2 Å². The molecule has 2 heterocycles. The van der Waals surface area contributed by atoms with Crippen molar-refractivity contribution in [2.45, 2.75) is 29.9 Å². The van der Waals surface area contributed by atoms with Gasteiger partial charge < -0.3 is 15.4 Å². The number of nitrogen functional groups attached to an aromatic ring is 1. The summed E-state index contributed by atoms with van der Waals surface area (Å²) in [6.45, 7) is 1.54. The Morgan fingerprint density at radius 2 is 1.86 bits per heavy atom. The van der Waals surface area contributed by atoms with Gasteiger partial charge in [0.25, 0.3) is 0 Å². The molecule has 0 radical (unpaired) electrons. The molecule has 0 saturated carbocycles. The number of anilines is 2. The van der Waals surface area contributed by atoms with Gasteiger partial charge in [-0.15, -0.1) is 0 Å². The Labute approximate surface area is 125 Å². The van der Waals surface area contributed by atoms with E-state index in [2.05, 4.69) is 4.90 Å². The van der Waals surface area contributed by atoms with E-state index in [4.69, 9.17) is 10.5 Å². The number of rotatable bonds is 3. The summed E-state index contributed by atoms with van der Waals surface area (Å²) in [6.07, 6.45) is 2.60. The van der Waals surface area contributed by atoms with Crippen LogP contribution < -0.4 is 10.6 Å². The Kier molecular flexibility index (Phi) is 3.59. The molecule has 6 nitrogen and oxygen atoms in total. The van der Waals surface area contributed by atoms with Gasteiger partial charge in [0.05, 0.1) is 28.5 Å². The van der Waals surface area contributed by atoms with Crippen LogP contribution in [0.5, 0.6) is 0 Å². The average molecular weight is 311 g/mol. The SMILES string of the molecule is CN(C)S(=O)(=O)c1ccc(N)c(N2CC3CCC(C2)O3)c1. The maximum atomic E-state index is 12.3. The van der Waals surface area contributed by atoms with Crippen LogP contribution in [-0.2, 0) is 14.8 Å². The van der Waals surface area contributed by atoms with Gasteiger partial charge in [-0.2, -0.15) is 0 Å². The second kappa shape index (κ2) is 5.15. The molecule has 1 aromatic rings. The molecule has 2 unspecified atom stereocenters. The summed E-state index contributed by atoms with van der Waals surface area (Å²) >= 11 is 0. The molecule has 2 saturated heterocycles. The number of ether oxygens (including phenoxy) is 1. The maximum Gasteiger partial charge on any atom is 0.242 e.